The summed E-state index contributed by atoms with van der Waals surface area (Å²) in [5, 5.41) is 20.9. The Morgan fingerprint density at radius 1 is 1.06 bits per heavy atom. The summed E-state index contributed by atoms with van der Waals surface area (Å²) in [7, 11) is 0. The van der Waals surface area contributed by atoms with Crippen molar-refractivity contribution in [2.45, 2.75) is 70.6 Å². The Kier molecular flexibility index (Phi) is 10.2. The van der Waals surface area contributed by atoms with Crippen molar-refractivity contribution in [2.24, 2.45) is 5.92 Å². The van der Waals surface area contributed by atoms with Crippen molar-refractivity contribution in [3.8, 4) is 0 Å². The number of carboxylic acids is 1. The lowest BCUT2D eigenvalue weighted by atomic mass is 9.83. The number of rotatable bonds is 7. The molecule has 1 fully saturated rings. The van der Waals surface area contributed by atoms with E-state index < -0.39 is 17.5 Å². The lowest BCUT2D eigenvalue weighted by Gasteiger charge is -2.45. The molecule has 180 valence electrons. The summed E-state index contributed by atoms with van der Waals surface area (Å²) in [6.45, 7) is 5.45. The third kappa shape index (κ3) is 8.65. The molecule has 1 aliphatic rings. The number of hydrogen-bond acceptors (Lipinski definition) is 3. The summed E-state index contributed by atoms with van der Waals surface area (Å²) in [6, 6.07) is 16.6. The molecule has 2 N–H and O–H groups in total. The van der Waals surface area contributed by atoms with Crippen molar-refractivity contribution in [3.05, 3.63) is 70.2 Å². The Hall–Kier alpha value is -2.08. The van der Waals surface area contributed by atoms with Gasteiger partial charge in [-0.2, -0.15) is 0 Å². The molecule has 1 heterocycles. The van der Waals surface area contributed by atoms with E-state index in [-0.39, 0.29) is 24.4 Å². The molecule has 0 aromatic heterocycles. The number of carbonyl (C=O) groups is 2. The van der Waals surface area contributed by atoms with Crippen LogP contribution in [0.1, 0.15) is 64.5 Å². The normalized spacial score (nSPS) is 19.5. The maximum Gasteiger partial charge on any atom is 0.304 e. The summed E-state index contributed by atoms with van der Waals surface area (Å²) in [5.74, 6) is -1.59. The Morgan fingerprint density at radius 3 is 2.09 bits per heavy atom. The van der Waals surface area contributed by atoms with Gasteiger partial charge in [0.15, 0.2) is 0 Å². The molecule has 5 nitrogen and oxygen atoms in total. The van der Waals surface area contributed by atoms with Gasteiger partial charge in [-0.25, -0.2) is 0 Å². The lowest BCUT2D eigenvalue weighted by molar-refractivity contribution is -0.152. The average Bonchev–Trinajstić information content (AvgIpc) is 2.74. The molecule has 1 saturated heterocycles. The van der Waals surface area contributed by atoms with E-state index in [4.69, 9.17) is 28.3 Å². The summed E-state index contributed by atoms with van der Waals surface area (Å²) >= 11 is 11.5. The zero-order valence-electron chi connectivity index (χ0n) is 19.4. The Labute approximate surface area is 206 Å². The highest BCUT2D eigenvalue weighted by atomic mass is 35.5. The number of carbonyl (C=O) groups excluding carboxylic acids is 1. The van der Waals surface area contributed by atoms with Crippen LogP contribution in [0.15, 0.2) is 54.6 Å². The molecule has 1 amide bonds. The third-order valence-corrected chi connectivity index (χ3v) is 6.24. The number of piperidine rings is 1. The minimum Gasteiger partial charge on any atom is -0.481 e. The van der Waals surface area contributed by atoms with E-state index in [0.717, 1.165) is 10.6 Å². The Morgan fingerprint density at radius 2 is 1.64 bits per heavy atom. The van der Waals surface area contributed by atoms with Crippen molar-refractivity contribution in [1.29, 1.82) is 0 Å². The fourth-order valence-corrected chi connectivity index (χ4v) is 4.53. The molecule has 3 rings (SSSR count). The first kappa shape index (κ1) is 27.2. The van der Waals surface area contributed by atoms with Crippen molar-refractivity contribution in [1.82, 2.24) is 4.90 Å². The van der Waals surface area contributed by atoms with E-state index >= 15 is 0 Å². The SMILES string of the molecule is CC[C@@H](CC(C)(C)O)N1C(=O)[C@@H](CC(=O)O)CC[C@H]1c1ccc(Cl)cc1.Clc1ccccc1. The van der Waals surface area contributed by atoms with Gasteiger partial charge >= 0.3 is 5.97 Å². The Bertz CT molecular complexity index is 897. The summed E-state index contributed by atoms with van der Waals surface area (Å²) in [4.78, 5) is 26.1. The highest BCUT2D eigenvalue weighted by molar-refractivity contribution is 6.30. The van der Waals surface area contributed by atoms with E-state index in [0.29, 0.717) is 30.7 Å². The zero-order chi connectivity index (χ0) is 24.6. The highest BCUT2D eigenvalue weighted by Crippen LogP contribution is 2.39. The van der Waals surface area contributed by atoms with E-state index in [2.05, 4.69) is 0 Å². The van der Waals surface area contributed by atoms with Crippen LogP contribution in [0.5, 0.6) is 0 Å². The van der Waals surface area contributed by atoms with Crippen molar-refractivity contribution < 1.29 is 19.8 Å². The molecule has 1 aliphatic heterocycles. The smallest absolute Gasteiger partial charge is 0.304 e. The fraction of sp³-hybridized carbons (Fsp3) is 0.462. The van der Waals surface area contributed by atoms with E-state index in [1.54, 1.807) is 26.0 Å². The van der Waals surface area contributed by atoms with Crippen molar-refractivity contribution in [3.63, 3.8) is 0 Å². The van der Waals surface area contributed by atoms with Gasteiger partial charge in [-0.1, -0.05) is 60.5 Å². The van der Waals surface area contributed by atoms with E-state index in [1.807, 2.05) is 54.3 Å². The molecule has 0 bridgehead atoms. The van der Waals surface area contributed by atoms with Crippen LogP contribution >= 0.6 is 23.2 Å². The second-order valence-corrected chi connectivity index (χ2v) is 9.93. The number of halogens is 2. The number of carboxylic acid groups (broad SMARTS) is 1. The number of amides is 1. The van der Waals surface area contributed by atoms with E-state index in [9.17, 15) is 14.7 Å². The molecule has 0 aliphatic carbocycles. The highest BCUT2D eigenvalue weighted by Gasteiger charge is 2.41. The summed E-state index contributed by atoms with van der Waals surface area (Å²) < 4.78 is 0. The summed E-state index contributed by atoms with van der Waals surface area (Å²) in [6.07, 6.45) is 2.24. The molecular weight excluding hydrogens is 461 g/mol. The van der Waals surface area contributed by atoms with Gasteiger partial charge in [0.2, 0.25) is 5.91 Å². The number of hydrogen-bond donors (Lipinski definition) is 2. The second-order valence-electron chi connectivity index (χ2n) is 9.06. The molecule has 0 saturated carbocycles. The zero-order valence-corrected chi connectivity index (χ0v) is 20.9. The maximum absolute atomic E-state index is 13.2. The minimum atomic E-state index is -0.955. The molecular formula is C26H33Cl2NO4. The van der Waals surface area contributed by atoms with Crippen molar-refractivity contribution >= 4 is 35.1 Å². The second kappa shape index (κ2) is 12.4. The quantitative estimate of drug-likeness (QED) is 0.469. The van der Waals surface area contributed by atoms with Crippen LogP contribution in [0.25, 0.3) is 0 Å². The van der Waals surface area contributed by atoms with Gasteiger partial charge in [0.25, 0.3) is 0 Å². The first-order chi connectivity index (χ1) is 15.5. The lowest BCUT2D eigenvalue weighted by Crippen LogP contribution is -2.51. The largest absolute Gasteiger partial charge is 0.481 e. The minimum absolute atomic E-state index is 0.128. The van der Waals surface area contributed by atoms with Crippen LogP contribution < -0.4 is 0 Å². The first-order valence-corrected chi connectivity index (χ1v) is 12.0. The molecule has 2 aromatic rings. The molecule has 0 spiro atoms. The topological polar surface area (TPSA) is 77.8 Å². The van der Waals surface area contributed by atoms with E-state index in [1.165, 1.54) is 0 Å². The molecule has 2 aromatic carbocycles. The molecule has 7 heteroatoms. The van der Waals surface area contributed by atoms with Crippen LogP contribution in [0, 0.1) is 5.92 Å². The van der Waals surface area contributed by atoms with Crippen LogP contribution in [0.4, 0.5) is 0 Å². The van der Waals surface area contributed by atoms with Gasteiger partial charge in [-0.15, -0.1) is 0 Å². The van der Waals surface area contributed by atoms with Gasteiger partial charge in [-0.05, 0) is 69.4 Å². The Balaban J connectivity index is 0.000000468. The van der Waals surface area contributed by atoms with Gasteiger partial charge in [0, 0.05) is 22.0 Å². The third-order valence-electron chi connectivity index (χ3n) is 5.74. The fourth-order valence-electron chi connectivity index (χ4n) is 4.26. The van der Waals surface area contributed by atoms with Crippen LogP contribution in [0.2, 0.25) is 10.0 Å². The number of nitrogens with zero attached hydrogens (tertiary/aromatic N) is 1. The maximum atomic E-state index is 13.2. The van der Waals surface area contributed by atoms with Crippen LogP contribution in [-0.4, -0.2) is 38.6 Å². The van der Waals surface area contributed by atoms with Gasteiger partial charge < -0.3 is 15.1 Å². The predicted octanol–water partition coefficient (Wildman–Crippen LogP) is 6.37. The van der Waals surface area contributed by atoms with Gasteiger partial charge in [0.05, 0.1) is 18.1 Å². The van der Waals surface area contributed by atoms with Gasteiger partial charge in [0.1, 0.15) is 0 Å². The molecule has 33 heavy (non-hydrogen) atoms. The first-order valence-electron chi connectivity index (χ1n) is 11.2. The number of benzene rings is 2. The number of aliphatic hydroxyl groups is 1. The predicted molar refractivity (Wildman–Crippen MR) is 132 cm³/mol. The molecule has 0 unspecified atom stereocenters. The monoisotopic (exact) mass is 493 g/mol. The van der Waals surface area contributed by atoms with Crippen molar-refractivity contribution in [2.75, 3.05) is 0 Å². The standard InChI is InChI=1S/C20H28ClNO4.C6H5Cl/c1-4-16(12-20(2,3)26)22-17(13-5-8-15(21)9-6-13)10-7-14(19(22)25)11-18(23)24;7-6-4-2-1-3-5-6/h5-6,8-9,14,16-17,26H,4,7,10-12H2,1-3H3,(H,23,24);1-5H/t14-,16+,17+;/m1./s1. The number of likely N-dealkylation sites (tertiary alicyclic amines) is 1. The summed E-state index contributed by atoms with van der Waals surface area (Å²) in [5.41, 5.74) is 0.0799. The average molecular weight is 494 g/mol. The van der Waals surface area contributed by atoms with Gasteiger partial charge in [-0.3, -0.25) is 9.59 Å². The molecule has 3 atom stereocenters. The molecule has 0 radical (unpaired) electrons. The van der Waals surface area contributed by atoms with Crippen LogP contribution in [-0.2, 0) is 9.59 Å². The van der Waals surface area contributed by atoms with Crippen LogP contribution in [0.3, 0.4) is 0 Å². The number of aliphatic carboxylic acids is 1.